The molecule has 3 nitrogen and oxygen atoms in total. The van der Waals surface area contributed by atoms with Gasteiger partial charge in [-0.05, 0) is 32.4 Å². The fraction of sp³-hybridized carbons (Fsp3) is 0.545. The number of anilines is 1. The molecule has 0 amide bonds. The zero-order valence-corrected chi connectivity index (χ0v) is 8.70. The van der Waals surface area contributed by atoms with Crippen molar-refractivity contribution in [1.29, 1.82) is 0 Å². The fourth-order valence-corrected chi connectivity index (χ4v) is 1.85. The first-order valence-electron chi connectivity index (χ1n) is 4.98. The third-order valence-electron chi connectivity index (χ3n) is 2.65. The van der Waals surface area contributed by atoms with E-state index in [1.54, 1.807) is 0 Å². The molecule has 0 radical (unpaired) electrons. The van der Waals surface area contributed by atoms with E-state index in [1.807, 2.05) is 32.0 Å². The summed E-state index contributed by atoms with van der Waals surface area (Å²) in [6, 6.07) is 5.98. The maximum absolute atomic E-state index is 9.83. The zero-order chi connectivity index (χ0) is 10.2. The molecular weight excluding hydrogens is 176 g/mol. The highest BCUT2D eigenvalue weighted by atomic mass is 16.3. The molecule has 0 spiro atoms. The van der Waals surface area contributed by atoms with Gasteiger partial charge in [-0.25, -0.2) is 4.98 Å². The van der Waals surface area contributed by atoms with Crippen LogP contribution in [0.2, 0.25) is 0 Å². The molecule has 0 saturated carbocycles. The minimum absolute atomic E-state index is 0.550. The highest BCUT2D eigenvalue weighted by molar-refractivity contribution is 5.41. The highest BCUT2D eigenvalue weighted by Gasteiger charge is 2.31. The lowest BCUT2D eigenvalue weighted by molar-refractivity contribution is 0.0839. The van der Waals surface area contributed by atoms with Crippen molar-refractivity contribution in [2.45, 2.75) is 25.9 Å². The molecule has 1 fully saturated rings. The molecule has 2 rings (SSSR count). The van der Waals surface area contributed by atoms with E-state index in [0.717, 1.165) is 24.5 Å². The topological polar surface area (TPSA) is 36.4 Å². The maximum atomic E-state index is 9.83. The number of hydrogen-bond donors (Lipinski definition) is 1. The van der Waals surface area contributed by atoms with Gasteiger partial charge in [-0.15, -0.1) is 0 Å². The molecular formula is C11H16N2O. The van der Waals surface area contributed by atoms with Crippen molar-refractivity contribution in [1.82, 2.24) is 4.98 Å². The van der Waals surface area contributed by atoms with Crippen LogP contribution in [0.4, 0.5) is 5.82 Å². The Morgan fingerprint density at radius 2 is 2.29 bits per heavy atom. The molecule has 0 aliphatic carbocycles. The van der Waals surface area contributed by atoms with Crippen LogP contribution in [0.15, 0.2) is 18.2 Å². The fourth-order valence-electron chi connectivity index (χ4n) is 1.85. The standard InChI is InChI=1S/C11H16N2O/c1-9-4-3-5-10(12-9)13-7-6-11(2,14)8-13/h3-5,14H,6-8H2,1-2H3. The minimum atomic E-state index is -0.550. The quantitative estimate of drug-likeness (QED) is 0.729. The van der Waals surface area contributed by atoms with Gasteiger partial charge in [-0.3, -0.25) is 0 Å². The highest BCUT2D eigenvalue weighted by Crippen LogP contribution is 2.24. The van der Waals surface area contributed by atoms with E-state index in [9.17, 15) is 5.11 Å². The van der Waals surface area contributed by atoms with Gasteiger partial charge in [-0.1, -0.05) is 6.07 Å². The van der Waals surface area contributed by atoms with E-state index in [1.165, 1.54) is 0 Å². The van der Waals surface area contributed by atoms with E-state index < -0.39 is 5.60 Å². The Kier molecular flexibility index (Phi) is 2.19. The third-order valence-corrected chi connectivity index (χ3v) is 2.65. The van der Waals surface area contributed by atoms with Crippen molar-refractivity contribution < 1.29 is 5.11 Å². The van der Waals surface area contributed by atoms with Gasteiger partial charge >= 0.3 is 0 Å². The second-order valence-electron chi connectivity index (χ2n) is 4.31. The van der Waals surface area contributed by atoms with Crippen molar-refractivity contribution in [3.8, 4) is 0 Å². The molecule has 1 N–H and O–H groups in total. The van der Waals surface area contributed by atoms with Crippen LogP contribution >= 0.6 is 0 Å². The monoisotopic (exact) mass is 192 g/mol. The van der Waals surface area contributed by atoms with Gasteiger partial charge in [0.1, 0.15) is 5.82 Å². The first-order chi connectivity index (χ1) is 6.57. The third kappa shape index (κ3) is 1.87. The van der Waals surface area contributed by atoms with E-state index in [4.69, 9.17) is 0 Å². The molecule has 3 heteroatoms. The van der Waals surface area contributed by atoms with Gasteiger partial charge in [-0.2, -0.15) is 0 Å². The summed E-state index contributed by atoms with van der Waals surface area (Å²) in [5, 5.41) is 9.83. The van der Waals surface area contributed by atoms with Crippen LogP contribution in [0.25, 0.3) is 0 Å². The van der Waals surface area contributed by atoms with Crippen molar-refractivity contribution >= 4 is 5.82 Å². The zero-order valence-electron chi connectivity index (χ0n) is 8.70. The molecule has 1 saturated heterocycles. The van der Waals surface area contributed by atoms with E-state index in [0.29, 0.717) is 6.54 Å². The lowest BCUT2D eigenvalue weighted by atomic mass is 10.1. The Morgan fingerprint density at radius 3 is 2.86 bits per heavy atom. The van der Waals surface area contributed by atoms with Gasteiger partial charge in [0, 0.05) is 18.8 Å². The van der Waals surface area contributed by atoms with Crippen molar-refractivity contribution in [2.24, 2.45) is 0 Å². The lowest BCUT2D eigenvalue weighted by Crippen LogP contribution is -2.30. The lowest BCUT2D eigenvalue weighted by Gasteiger charge is -2.19. The Hall–Kier alpha value is -1.09. The molecule has 1 aliphatic heterocycles. The van der Waals surface area contributed by atoms with E-state index >= 15 is 0 Å². The second-order valence-corrected chi connectivity index (χ2v) is 4.31. The Morgan fingerprint density at radius 1 is 1.50 bits per heavy atom. The number of nitrogens with zero attached hydrogens (tertiary/aromatic N) is 2. The Labute approximate surface area is 84.4 Å². The van der Waals surface area contributed by atoms with Gasteiger partial charge in [0.25, 0.3) is 0 Å². The van der Waals surface area contributed by atoms with Crippen LogP contribution in [0, 0.1) is 6.92 Å². The van der Waals surface area contributed by atoms with Crippen LogP contribution < -0.4 is 4.90 Å². The molecule has 0 aromatic carbocycles. The Balaban J connectivity index is 2.17. The smallest absolute Gasteiger partial charge is 0.128 e. The first-order valence-corrected chi connectivity index (χ1v) is 4.98. The summed E-state index contributed by atoms with van der Waals surface area (Å²) in [5.41, 5.74) is 0.472. The summed E-state index contributed by atoms with van der Waals surface area (Å²) in [6.07, 6.45) is 0.822. The summed E-state index contributed by atoms with van der Waals surface area (Å²) in [7, 11) is 0. The summed E-state index contributed by atoms with van der Waals surface area (Å²) in [4.78, 5) is 6.57. The van der Waals surface area contributed by atoms with Crippen LogP contribution in [0.5, 0.6) is 0 Å². The number of aliphatic hydroxyl groups is 1. The van der Waals surface area contributed by atoms with Crippen molar-refractivity contribution in [3.05, 3.63) is 23.9 Å². The number of aryl methyl sites for hydroxylation is 1. The largest absolute Gasteiger partial charge is 0.388 e. The number of hydrogen-bond acceptors (Lipinski definition) is 3. The maximum Gasteiger partial charge on any atom is 0.128 e. The molecule has 1 aliphatic rings. The number of aromatic nitrogens is 1. The van der Waals surface area contributed by atoms with Crippen LogP contribution in [0.1, 0.15) is 19.0 Å². The number of pyridine rings is 1. The van der Waals surface area contributed by atoms with Crippen molar-refractivity contribution in [2.75, 3.05) is 18.0 Å². The molecule has 1 aromatic heterocycles. The predicted octanol–water partition coefficient (Wildman–Crippen LogP) is 1.35. The van der Waals surface area contributed by atoms with Gasteiger partial charge < -0.3 is 10.0 Å². The molecule has 2 heterocycles. The average Bonchev–Trinajstić information content (AvgIpc) is 2.46. The molecule has 1 aromatic rings. The Bertz CT molecular complexity index is 336. The summed E-state index contributed by atoms with van der Waals surface area (Å²) >= 11 is 0. The average molecular weight is 192 g/mol. The summed E-state index contributed by atoms with van der Waals surface area (Å²) in [6.45, 7) is 5.44. The normalized spacial score (nSPS) is 26.9. The first kappa shape index (κ1) is 9.46. The van der Waals surface area contributed by atoms with Crippen LogP contribution in [-0.4, -0.2) is 28.8 Å². The van der Waals surface area contributed by atoms with E-state index in [2.05, 4.69) is 9.88 Å². The van der Waals surface area contributed by atoms with Gasteiger partial charge in [0.05, 0.1) is 5.60 Å². The predicted molar refractivity (Wildman–Crippen MR) is 56.4 cm³/mol. The van der Waals surface area contributed by atoms with Crippen LogP contribution in [0.3, 0.4) is 0 Å². The molecule has 1 unspecified atom stereocenters. The van der Waals surface area contributed by atoms with Gasteiger partial charge in [0.2, 0.25) is 0 Å². The second kappa shape index (κ2) is 3.24. The van der Waals surface area contributed by atoms with Crippen LogP contribution in [-0.2, 0) is 0 Å². The summed E-state index contributed by atoms with van der Waals surface area (Å²) < 4.78 is 0. The number of rotatable bonds is 1. The number of β-amino-alcohol motifs (C(OH)–C–C–N with tert-alkyl or cyclic N) is 1. The molecule has 0 bridgehead atoms. The molecule has 1 atom stereocenters. The minimum Gasteiger partial charge on any atom is -0.388 e. The molecule has 14 heavy (non-hydrogen) atoms. The summed E-state index contributed by atoms with van der Waals surface area (Å²) in [5.74, 6) is 0.975. The molecule has 76 valence electrons. The van der Waals surface area contributed by atoms with E-state index in [-0.39, 0.29) is 0 Å². The van der Waals surface area contributed by atoms with Gasteiger partial charge in [0.15, 0.2) is 0 Å². The SMILES string of the molecule is Cc1cccc(N2CCC(C)(O)C2)n1. The van der Waals surface area contributed by atoms with Crippen molar-refractivity contribution in [3.63, 3.8) is 0 Å².